The number of fused-ring (bicyclic) bond motifs is 1. The number of piperazine rings is 1. The van der Waals surface area contributed by atoms with Crippen LogP contribution in [0.1, 0.15) is 32.6 Å². The number of carbonyl (C=O) groups excluding carboxylic acids is 1. The van der Waals surface area contributed by atoms with Crippen molar-refractivity contribution in [3.8, 4) is 5.75 Å². The van der Waals surface area contributed by atoms with Crippen molar-refractivity contribution < 1.29 is 22.7 Å². The molecule has 1 aliphatic heterocycles. The maximum absolute atomic E-state index is 14.0. The summed E-state index contributed by atoms with van der Waals surface area (Å²) in [6.45, 7) is 3.26. The van der Waals surface area contributed by atoms with Crippen molar-refractivity contribution in [2.24, 2.45) is 0 Å². The smallest absolute Gasteiger partial charge is 0.416 e. The number of rotatable bonds is 7. The number of hydrogen-bond acceptors (Lipinski definition) is 5. The molecule has 1 aromatic heterocycles. The molecule has 1 amide bonds. The molecule has 1 aliphatic rings. The Labute approximate surface area is 237 Å². The molecule has 6 nitrogen and oxygen atoms in total. The Hall–Kier alpha value is -4.21. The van der Waals surface area contributed by atoms with Crippen LogP contribution in [0.15, 0.2) is 72.9 Å². The highest BCUT2D eigenvalue weighted by Gasteiger charge is 2.34. The first-order valence-corrected chi connectivity index (χ1v) is 13.3. The van der Waals surface area contributed by atoms with Crippen LogP contribution in [0.4, 0.5) is 18.9 Å². The van der Waals surface area contributed by atoms with Gasteiger partial charge >= 0.3 is 6.18 Å². The van der Waals surface area contributed by atoms with E-state index < -0.39 is 17.6 Å². The normalized spacial score (nSPS) is 15.0. The zero-order valence-corrected chi connectivity index (χ0v) is 22.9. The summed E-state index contributed by atoms with van der Waals surface area (Å²) < 4.78 is 47.5. The molecule has 212 valence electrons. The molecule has 4 aromatic rings. The lowest BCUT2D eigenvalue weighted by atomic mass is 10.0. The van der Waals surface area contributed by atoms with Gasteiger partial charge in [0.15, 0.2) is 0 Å². The Morgan fingerprint density at radius 2 is 1.78 bits per heavy atom. The van der Waals surface area contributed by atoms with Gasteiger partial charge in [0, 0.05) is 61.1 Å². The Bertz CT molecular complexity index is 1580. The molecule has 0 saturated carbocycles. The van der Waals surface area contributed by atoms with Crippen molar-refractivity contribution in [3.05, 3.63) is 101 Å². The third kappa shape index (κ3) is 6.75. The zero-order valence-electron chi connectivity index (χ0n) is 22.9. The summed E-state index contributed by atoms with van der Waals surface area (Å²) in [4.78, 5) is 21.7. The van der Waals surface area contributed by atoms with Crippen LogP contribution in [-0.4, -0.2) is 61.0 Å². The average Bonchev–Trinajstić information content (AvgIpc) is 2.97. The number of hydrogen-bond donors (Lipinski definition) is 1. The minimum absolute atomic E-state index is 0.0948. The van der Waals surface area contributed by atoms with Gasteiger partial charge in [0.05, 0.1) is 18.2 Å². The number of ether oxygens (including phenoxy) is 1. The standard InChI is InChI=1S/C32H31F3N4O2/c1-38-14-16-39(17-15-38)21-25-12-13-26(19-28(25)32(33,34)35)37-31(40)23-7-5-6-22(18-23)10-11-24-20-36-29-9-4-3-8-27(29)30(24)41-2/h3-13,18-20H,14-17,21H2,1-2H3,(H,37,40)/b11-10+. The van der Waals surface area contributed by atoms with Gasteiger partial charge in [0.25, 0.3) is 5.91 Å². The van der Waals surface area contributed by atoms with Crippen molar-refractivity contribution in [2.75, 3.05) is 45.7 Å². The first-order valence-electron chi connectivity index (χ1n) is 13.3. The Kier molecular flexibility index (Phi) is 8.37. The van der Waals surface area contributed by atoms with Crippen molar-refractivity contribution >= 4 is 34.6 Å². The number of amides is 1. The fourth-order valence-electron chi connectivity index (χ4n) is 4.95. The fourth-order valence-corrected chi connectivity index (χ4v) is 4.95. The molecule has 0 unspecified atom stereocenters. The van der Waals surface area contributed by atoms with Gasteiger partial charge in [0.2, 0.25) is 0 Å². The number of nitrogens with one attached hydrogen (secondary N) is 1. The van der Waals surface area contributed by atoms with Crippen molar-refractivity contribution in [1.29, 1.82) is 0 Å². The summed E-state index contributed by atoms with van der Waals surface area (Å²) in [6.07, 6.45) is 0.871. The van der Waals surface area contributed by atoms with E-state index in [4.69, 9.17) is 4.74 Å². The number of nitrogens with zero attached hydrogens (tertiary/aromatic N) is 3. The second-order valence-electron chi connectivity index (χ2n) is 10.1. The van der Waals surface area contributed by atoms with Crippen LogP contribution in [-0.2, 0) is 12.7 Å². The van der Waals surface area contributed by atoms with Gasteiger partial charge in [-0.1, -0.05) is 36.4 Å². The number of anilines is 1. The summed E-state index contributed by atoms with van der Waals surface area (Å²) in [7, 11) is 3.61. The van der Waals surface area contributed by atoms with E-state index in [0.29, 0.717) is 24.4 Å². The van der Waals surface area contributed by atoms with E-state index in [2.05, 4.69) is 15.2 Å². The predicted octanol–water partition coefficient (Wildman–Crippen LogP) is 6.43. The van der Waals surface area contributed by atoms with Crippen LogP contribution >= 0.6 is 0 Å². The van der Waals surface area contributed by atoms with Crippen LogP contribution in [0.25, 0.3) is 23.1 Å². The molecule has 0 spiro atoms. The second kappa shape index (κ2) is 12.1. The van der Waals surface area contributed by atoms with Gasteiger partial charge in [-0.2, -0.15) is 13.2 Å². The van der Waals surface area contributed by atoms with Gasteiger partial charge in [-0.25, -0.2) is 0 Å². The van der Waals surface area contributed by atoms with Gasteiger partial charge in [0.1, 0.15) is 5.75 Å². The largest absolute Gasteiger partial charge is 0.495 e. The van der Waals surface area contributed by atoms with E-state index in [0.717, 1.165) is 41.2 Å². The molecule has 41 heavy (non-hydrogen) atoms. The number of likely N-dealkylation sites (N-methyl/N-ethyl adjacent to an activating group) is 1. The molecule has 1 saturated heterocycles. The van der Waals surface area contributed by atoms with Crippen LogP contribution in [0.3, 0.4) is 0 Å². The minimum Gasteiger partial charge on any atom is -0.495 e. The summed E-state index contributed by atoms with van der Waals surface area (Å²) >= 11 is 0. The monoisotopic (exact) mass is 560 g/mol. The van der Waals surface area contributed by atoms with Crippen molar-refractivity contribution in [1.82, 2.24) is 14.8 Å². The molecular weight excluding hydrogens is 529 g/mol. The molecule has 1 N–H and O–H groups in total. The second-order valence-corrected chi connectivity index (χ2v) is 10.1. The van der Waals surface area contributed by atoms with Crippen molar-refractivity contribution in [3.63, 3.8) is 0 Å². The number of pyridine rings is 1. The van der Waals surface area contributed by atoms with Gasteiger partial charge in [-0.05, 0) is 60.6 Å². The molecule has 0 bridgehead atoms. The minimum atomic E-state index is -4.54. The molecule has 5 rings (SSSR count). The van der Waals surface area contributed by atoms with Gasteiger partial charge in [-0.15, -0.1) is 0 Å². The molecule has 3 aromatic carbocycles. The van der Waals surface area contributed by atoms with E-state index in [9.17, 15) is 18.0 Å². The number of carbonyl (C=O) groups is 1. The molecule has 1 fully saturated rings. The first kappa shape index (κ1) is 28.3. The molecular formula is C32H31F3N4O2. The Morgan fingerprint density at radius 1 is 1.00 bits per heavy atom. The summed E-state index contributed by atoms with van der Waals surface area (Å²) in [5.41, 5.74) is 2.22. The van der Waals surface area contributed by atoms with Crippen LogP contribution in [0, 0.1) is 0 Å². The molecule has 0 radical (unpaired) electrons. The number of alkyl halides is 3. The maximum atomic E-state index is 14.0. The topological polar surface area (TPSA) is 57.7 Å². The SMILES string of the molecule is COc1c(/C=C/c2cccc(C(=O)Nc3ccc(CN4CCN(C)CC4)c(C(F)(F)F)c3)c2)cnc2ccccc12. The van der Waals surface area contributed by atoms with E-state index in [1.807, 2.05) is 54.4 Å². The molecule has 2 heterocycles. The maximum Gasteiger partial charge on any atom is 0.416 e. The molecule has 0 aliphatic carbocycles. The highest BCUT2D eigenvalue weighted by atomic mass is 19.4. The molecule has 9 heteroatoms. The quantitative estimate of drug-likeness (QED) is 0.282. The van der Waals surface area contributed by atoms with Crippen LogP contribution in [0.5, 0.6) is 5.75 Å². The van der Waals surface area contributed by atoms with Crippen LogP contribution in [0.2, 0.25) is 0 Å². The number of methoxy groups -OCH3 is 1. The van der Waals surface area contributed by atoms with E-state index in [-0.39, 0.29) is 17.8 Å². The Balaban J connectivity index is 1.32. The highest BCUT2D eigenvalue weighted by molar-refractivity contribution is 6.04. The van der Waals surface area contributed by atoms with E-state index in [1.54, 1.807) is 31.5 Å². The number of para-hydroxylation sites is 1. The third-order valence-corrected chi connectivity index (χ3v) is 7.22. The number of benzene rings is 3. The average molecular weight is 561 g/mol. The lowest BCUT2D eigenvalue weighted by Gasteiger charge is -2.33. The lowest BCUT2D eigenvalue weighted by Crippen LogP contribution is -2.44. The zero-order chi connectivity index (χ0) is 29.0. The fraction of sp³-hybridized carbons (Fsp3) is 0.250. The van der Waals surface area contributed by atoms with E-state index >= 15 is 0 Å². The number of aromatic nitrogens is 1. The highest BCUT2D eigenvalue weighted by Crippen LogP contribution is 2.35. The van der Waals surface area contributed by atoms with Gasteiger partial charge < -0.3 is 15.0 Å². The summed E-state index contributed by atoms with van der Waals surface area (Å²) in [6, 6.07) is 18.5. The molecule has 0 atom stereocenters. The first-order chi connectivity index (χ1) is 19.7. The van der Waals surface area contributed by atoms with Crippen LogP contribution < -0.4 is 10.1 Å². The number of halogens is 3. The van der Waals surface area contributed by atoms with Gasteiger partial charge in [-0.3, -0.25) is 14.7 Å². The Morgan fingerprint density at radius 3 is 2.54 bits per heavy atom. The predicted molar refractivity (Wildman–Crippen MR) is 156 cm³/mol. The van der Waals surface area contributed by atoms with E-state index in [1.165, 1.54) is 12.1 Å². The third-order valence-electron chi connectivity index (χ3n) is 7.22. The summed E-state index contributed by atoms with van der Waals surface area (Å²) in [5.74, 6) is 0.197. The summed E-state index contributed by atoms with van der Waals surface area (Å²) in [5, 5.41) is 3.52. The van der Waals surface area contributed by atoms with Crippen molar-refractivity contribution in [2.45, 2.75) is 12.7 Å². The lowest BCUT2D eigenvalue weighted by molar-refractivity contribution is -0.138.